The minimum atomic E-state index is -0.00989. The summed E-state index contributed by atoms with van der Waals surface area (Å²) in [5.41, 5.74) is 2.51. The third-order valence-corrected chi connectivity index (χ3v) is 5.76. The molecule has 0 spiro atoms. The van der Waals surface area contributed by atoms with E-state index in [1.54, 1.807) is 6.07 Å². The van der Waals surface area contributed by atoms with Gasteiger partial charge in [-0.05, 0) is 49.9 Å². The fourth-order valence-corrected chi connectivity index (χ4v) is 4.15. The van der Waals surface area contributed by atoms with Gasteiger partial charge in [0.25, 0.3) is 5.91 Å². The van der Waals surface area contributed by atoms with Crippen molar-refractivity contribution in [2.24, 2.45) is 0 Å². The predicted molar refractivity (Wildman–Crippen MR) is 114 cm³/mol. The van der Waals surface area contributed by atoms with Crippen molar-refractivity contribution in [3.05, 3.63) is 42.1 Å². The summed E-state index contributed by atoms with van der Waals surface area (Å²) in [5, 5.41) is 11.9. The zero-order chi connectivity index (χ0) is 20.1. The van der Waals surface area contributed by atoms with Crippen molar-refractivity contribution in [1.82, 2.24) is 15.1 Å². The van der Waals surface area contributed by atoms with E-state index in [-0.39, 0.29) is 5.91 Å². The summed E-state index contributed by atoms with van der Waals surface area (Å²) in [5.74, 6) is 0.622. The Morgan fingerprint density at radius 3 is 2.69 bits per heavy atom. The molecule has 3 heterocycles. The molecule has 1 amide bonds. The molecule has 154 valence electrons. The van der Waals surface area contributed by atoms with E-state index in [2.05, 4.69) is 33.4 Å². The van der Waals surface area contributed by atoms with Crippen LogP contribution < -0.4 is 10.2 Å². The Bertz CT molecular complexity index is 820. The maximum absolute atomic E-state index is 12.9. The predicted octanol–water partition coefficient (Wildman–Crippen LogP) is 3.46. The van der Waals surface area contributed by atoms with Crippen LogP contribution in [0.3, 0.4) is 0 Å². The van der Waals surface area contributed by atoms with Crippen LogP contribution >= 0.6 is 0 Å². The van der Waals surface area contributed by atoms with E-state index < -0.39 is 0 Å². The van der Waals surface area contributed by atoms with Gasteiger partial charge in [-0.1, -0.05) is 19.1 Å². The number of hydrogen-bond donors (Lipinski definition) is 1. The highest BCUT2D eigenvalue weighted by atomic mass is 16.5. The summed E-state index contributed by atoms with van der Waals surface area (Å²) in [7, 11) is 0. The molecule has 2 saturated heterocycles. The first-order valence-corrected chi connectivity index (χ1v) is 10.6. The minimum Gasteiger partial charge on any atom is -0.378 e. The van der Waals surface area contributed by atoms with E-state index in [0.29, 0.717) is 17.6 Å². The smallest absolute Gasteiger partial charge is 0.274 e. The van der Waals surface area contributed by atoms with Gasteiger partial charge in [0.15, 0.2) is 11.5 Å². The first kappa shape index (κ1) is 19.6. The van der Waals surface area contributed by atoms with Gasteiger partial charge >= 0.3 is 0 Å². The van der Waals surface area contributed by atoms with Crippen molar-refractivity contribution >= 4 is 23.1 Å². The normalized spacial score (nSPS) is 19.8. The van der Waals surface area contributed by atoms with Crippen LogP contribution in [0.1, 0.15) is 43.1 Å². The van der Waals surface area contributed by atoms with Crippen molar-refractivity contribution in [3.63, 3.8) is 0 Å². The lowest BCUT2D eigenvalue weighted by Crippen LogP contribution is -2.43. The summed E-state index contributed by atoms with van der Waals surface area (Å²) < 4.78 is 5.46. The molecule has 7 nitrogen and oxygen atoms in total. The van der Waals surface area contributed by atoms with Crippen LogP contribution in [0, 0.1) is 0 Å². The molecule has 1 N–H and O–H groups in total. The Morgan fingerprint density at radius 2 is 1.93 bits per heavy atom. The lowest BCUT2D eigenvalue weighted by Gasteiger charge is -2.34. The molecule has 1 atom stereocenters. The van der Waals surface area contributed by atoms with Gasteiger partial charge in [0.1, 0.15) is 0 Å². The number of carbonyl (C=O) groups excluding carboxylic acids is 1. The van der Waals surface area contributed by atoms with Crippen LogP contribution in [0.4, 0.5) is 17.2 Å². The van der Waals surface area contributed by atoms with Gasteiger partial charge in [0.2, 0.25) is 0 Å². The van der Waals surface area contributed by atoms with Crippen LogP contribution in [-0.4, -0.2) is 59.9 Å². The quantitative estimate of drug-likeness (QED) is 0.836. The zero-order valence-corrected chi connectivity index (χ0v) is 17.0. The number of rotatable bonds is 5. The maximum Gasteiger partial charge on any atom is 0.274 e. The molecule has 4 rings (SSSR count). The Morgan fingerprint density at radius 1 is 1.10 bits per heavy atom. The number of para-hydroxylation sites is 2. The van der Waals surface area contributed by atoms with Crippen LogP contribution in [0.25, 0.3) is 0 Å². The van der Waals surface area contributed by atoms with Gasteiger partial charge in [-0.2, -0.15) is 0 Å². The number of anilines is 3. The Labute approximate surface area is 172 Å². The van der Waals surface area contributed by atoms with Crippen LogP contribution in [0.2, 0.25) is 0 Å². The van der Waals surface area contributed by atoms with Crippen LogP contribution in [0.15, 0.2) is 36.4 Å². The molecule has 29 heavy (non-hydrogen) atoms. The standard InChI is InChI=1S/C22H29N5O2/c1-2-17-7-5-6-12-27(17)22(28)19-10-11-21(25-24-19)23-18-8-3-4-9-20(18)26-13-15-29-16-14-26/h3-4,8-11,17H,2,5-7,12-16H2,1H3,(H,23,25). The van der Waals surface area contributed by atoms with E-state index in [1.165, 1.54) is 6.42 Å². The van der Waals surface area contributed by atoms with Gasteiger partial charge in [-0.25, -0.2) is 0 Å². The summed E-state index contributed by atoms with van der Waals surface area (Å²) in [6.07, 6.45) is 4.32. The molecule has 7 heteroatoms. The van der Waals surface area contributed by atoms with Crippen molar-refractivity contribution in [2.45, 2.75) is 38.6 Å². The lowest BCUT2D eigenvalue weighted by atomic mass is 9.99. The first-order valence-electron chi connectivity index (χ1n) is 10.6. The van der Waals surface area contributed by atoms with Gasteiger partial charge in [0.05, 0.1) is 24.6 Å². The number of morpholine rings is 1. The highest BCUT2D eigenvalue weighted by Crippen LogP contribution is 2.28. The highest BCUT2D eigenvalue weighted by molar-refractivity contribution is 5.92. The summed E-state index contributed by atoms with van der Waals surface area (Å²) in [6, 6.07) is 12.1. The molecule has 2 fully saturated rings. The number of nitrogens with one attached hydrogen (secondary N) is 1. The molecule has 2 aliphatic rings. The largest absolute Gasteiger partial charge is 0.378 e. The number of carbonyl (C=O) groups is 1. The fourth-order valence-electron chi connectivity index (χ4n) is 4.15. The second-order valence-corrected chi connectivity index (χ2v) is 7.60. The van der Waals surface area contributed by atoms with Crippen molar-refractivity contribution in [2.75, 3.05) is 43.1 Å². The zero-order valence-electron chi connectivity index (χ0n) is 17.0. The maximum atomic E-state index is 12.9. The Hall–Kier alpha value is -2.67. The summed E-state index contributed by atoms with van der Waals surface area (Å²) in [6.45, 7) is 6.16. The highest BCUT2D eigenvalue weighted by Gasteiger charge is 2.27. The third kappa shape index (κ3) is 4.50. The molecule has 0 saturated carbocycles. The molecular weight excluding hydrogens is 366 g/mol. The minimum absolute atomic E-state index is 0.00989. The monoisotopic (exact) mass is 395 g/mol. The fraction of sp³-hybridized carbons (Fsp3) is 0.500. The number of nitrogens with zero attached hydrogens (tertiary/aromatic N) is 4. The number of amides is 1. The van der Waals surface area contributed by atoms with E-state index in [9.17, 15) is 4.79 Å². The molecule has 0 bridgehead atoms. The molecule has 1 aromatic heterocycles. The SMILES string of the molecule is CCC1CCCCN1C(=O)c1ccc(Nc2ccccc2N2CCOCC2)nn1. The molecular formula is C22H29N5O2. The molecule has 1 unspecified atom stereocenters. The van der Waals surface area contributed by atoms with Gasteiger partial charge < -0.3 is 19.9 Å². The number of ether oxygens (including phenoxy) is 1. The number of benzene rings is 1. The van der Waals surface area contributed by atoms with Gasteiger partial charge in [-0.3, -0.25) is 4.79 Å². The Kier molecular flexibility index (Phi) is 6.24. The first-order chi connectivity index (χ1) is 14.3. The van der Waals surface area contributed by atoms with Crippen molar-refractivity contribution in [1.29, 1.82) is 0 Å². The van der Waals surface area contributed by atoms with Gasteiger partial charge in [-0.15, -0.1) is 10.2 Å². The summed E-state index contributed by atoms with van der Waals surface area (Å²) in [4.78, 5) is 17.2. The van der Waals surface area contributed by atoms with Gasteiger partial charge in [0, 0.05) is 25.7 Å². The van der Waals surface area contributed by atoms with E-state index in [4.69, 9.17) is 4.74 Å². The number of piperidine rings is 1. The molecule has 2 aliphatic heterocycles. The number of aromatic nitrogens is 2. The number of likely N-dealkylation sites (tertiary alicyclic amines) is 1. The molecule has 0 aliphatic carbocycles. The molecule has 2 aromatic rings. The number of hydrogen-bond acceptors (Lipinski definition) is 6. The third-order valence-electron chi connectivity index (χ3n) is 5.76. The Balaban J connectivity index is 1.47. The molecule has 0 radical (unpaired) electrons. The average molecular weight is 396 g/mol. The lowest BCUT2D eigenvalue weighted by molar-refractivity contribution is 0.0601. The van der Waals surface area contributed by atoms with E-state index in [0.717, 1.165) is 63.5 Å². The van der Waals surface area contributed by atoms with E-state index in [1.807, 2.05) is 29.2 Å². The van der Waals surface area contributed by atoms with Crippen LogP contribution in [0.5, 0.6) is 0 Å². The average Bonchev–Trinajstić information content (AvgIpc) is 2.80. The second kappa shape index (κ2) is 9.22. The van der Waals surface area contributed by atoms with Crippen LogP contribution in [-0.2, 0) is 4.74 Å². The summed E-state index contributed by atoms with van der Waals surface area (Å²) >= 11 is 0. The second-order valence-electron chi connectivity index (χ2n) is 7.60. The van der Waals surface area contributed by atoms with Crippen molar-refractivity contribution in [3.8, 4) is 0 Å². The van der Waals surface area contributed by atoms with Crippen molar-refractivity contribution < 1.29 is 9.53 Å². The topological polar surface area (TPSA) is 70.6 Å². The molecule has 1 aromatic carbocycles. The van der Waals surface area contributed by atoms with E-state index >= 15 is 0 Å².